The first-order chi connectivity index (χ1) is 32.4. The van der Waals surface area contributed by atoms with Crippen molar-refractivity contribution < 1.29 is 31.9 Å². The third-order valence-electron chi connectivity index (χ3n) is 13.7. The molecular weight excluding hydrogens is 840 g/mol. The molecule has 0 aliphatic rings. The second kappa shape index (κ2) is 15.5. The van der Waals surface area contributed by atoms with Crippen LogP contribution in [0.2, 0.25) is 0 Å². The number of fused-ring (bicyclic) bond motifs is 19. The second-order valence-electron chi connectivity index (χ2n) is 17.0. The Bertz CT molecular complexity index is 3790. The Kier molecular flexibility index (Phi) is 9.41. The van der Waals surface area contributed by atoms with Crippen molar-refractivity contribution in [2.75, 3.05) is 28.4 Å². The molecule has 0 unspecified atom stereocenters. The minimum absolute atomic E-state index is 0.406. The van der Waals surface area contributed by atoms with Gasteiger partial charge in [0.2, 0.25) is 0 Å². The number of hydrogen-bond acceptors (Lipinski definition) is 7. The fourth-order valence-corrected chi connectivity index (χ4v) is 11.4. The normalized spacial score (nSPS) is 12.4. The number of methoxy groups -OCH3 is 4. The largest absolute Gasteiger partial charge is 0.496 e. The number of rotatable bonds is 8. The predicted octanol–water partition coefficient (Wildman–Crippen LogP) is 16.9. The third kappa shape index (κ3) is 5.96. The van der Waals surface area contributed by atoms with E-state index in [1.807, 2.05) is 12.1 Å². The summed E-state index contributed by atoms with van der Waals surface area (Å²) in [6.07, 6.45) is 1.03. The maximum Gasteiger partial charge on any atom is 0.453 e. The zero-order valence-corrected chi connectivity index (χ0v) is 38.3. The van der Waals surface area contributed by atoms with E-state index in [-0.39, 0.29) is 0 Å². The van der Waals surface area contributed by atoms with E-state index >= 15 is 0 Å². The molecule has 7 nitrogen and oxygen atoms in total. The van der Waals surface area contributed by atoms with E-state index in [9.17, 15) is 0 Å². The van der Waals surface area contributed by atoms with Gasteiger partial charge in [-0.15, -0.1) is 0 Å². The minimum Gasteiger partial charge on any atom is -0.496 e. The van der Waals surface area contributed by atoms with E-state index in [2.05, 4.69) is 147 Å². The molecule has 66 heavy (non-hydrogen) atoms. The van der Waals surface area contributed by atoms with Crippen molar-refractivity contribution in [3.63, 3.8) is 0 Å². The van der Waals surface area contributed by atoms with Crippen molar-refractivity contribution in [1.29, 1.82) is 0 Å². The summed E-state index contributed by atoms with van der Waals surface area (Å²) in [5.41, 5.74) is 2.45. The first kappa shape index (κ1) is 40.0. The summed E-state index contributed by atoms with van der Waals surface area (Å²) < 4.78 is 46.9. The predicted molar refractivity (Wildman–Crippen MR) is 274 cm³/mol. The average molecular weight is 885 g/mol. The summed E-state index contributed by atoms with van der Waals surface area (Å²) in [5, 5.41) is 17.6. The van der Waals surface area contributed by atoms with E-state index < -0.39 is 8.24 Å². The standard InChI is InChI=1S/C58H45O7P/c1-7-32(2)33-20-24-38(25-21-33)63-66-64-57-43(28-49(61-5)45-30-47(59-3)41-26-22-36-18-16-34-12-8-10-14-39(34)51(36)53(41)55(45)57)44-29-50(62-6)46-31-48(60-4)42-27-23-37-19-17-35-13-9-11-15-40(35)52(37)54(42)56(46)58(44)65-66/h8-32H,7H2,1-6H3/t32-/m1/s1. The summed E-state index contributed by atoms with van der Waals surface area (Å²) in [6, 6.07) is 50.9. The van der Waals surface area contributed by atoms with Crippen LogP contribution in [0.3, 0.4) is 0 Å². The number of hydrogen-bond donors (Lipinski definition) is 0. The van der Waals surface area contributed by atoms with Crippen LogP contribution < -0.4 is 23.5 Å². The molecule has 12 aromatic rings. The van der Waals surface area contributed by atoms with Gasteiger partial charge in [-0.1, -0.05) is 111 Å². The van der Waals surface area contributed by atoms with Crippen LogP contribution in [-0.2, 0) is 0 Å². The lowest BCUT2D eigenvalue weighted by atomic mass is 9.90. The summed E-state index contributed by atoms with van der Waals surface area (Å²) in [7, 11) is 4.67. The van der Waals surface area contributed by atoms with Crippen LogP contribution in [0.25, 0.3) is 108 Å². The van der Waals surface area contributed by atoms with Gasteiger partial charge >= 0.3 is 8.24 Å². The first-order valence-electron chi connectivity index (χ1n) is 22.3. The molecule has 0 amide bonds. The molecule has 0 aliphatic carbocycles. The van der Waals surface area contributed by atoms with Gasteiger partial charge in [0.15, 0.2) is 11.2 Å². The van der Waals surface area contributed by atoms with Gasteiger partial charge in [-0.25, -0.2) is 0 Å². The summed E-state index contributed by atoms with van der Waals surface area (Å²) in [4.78, 5) is 0. The zero-order chi connectivity index (χ0) is 44.8. The lowest BCUT2D eigenvalue weighted by Crippen LogP contribution is -1.94. The number of ether oxygens (including phenoxy) is 4. The van der Waals surface area contributed by atoms with Gasteiger partial charge in [0.25, 0.3) is 0 Å². The Morgan fingerprint density at radius 1 is 0.409 bits per heavy atom. The highest BCUT2D eigenvalue weighted by Gasteiger charge is 2.25. The minimum atomic E-state index is -2.18. The Labute approximate surface area is 381 Å². The second-order valence-corrected chi connectivity index (χ2v) is 18.0. The smallest absolute Gasteiger partial charge is 0.453 e. The van der Waals surface area contributed by atoms with Crippen LogP contribution in [0.1, 0.15) is 31.7 Å². The van der Waals surface area contributed by atoms with Gasteiger partial charge in [0.1, 0.15) is 28.7 Å². The maximum absolute atomic E-state index is 7.39. The van der Waals surface area contributed by atoms with Crippen molar-refractivity contribution in [2.45, 2.75) is 26.2 Å². The molecule has 0 spiro atoms. The van der Waals surface area contributed by atoms with Gasteiger partial charge in [0.05, 0.1) is 28.4 Å². The average Bonchev–Trinajstić information content (AvgIpc) is 3.52. The zero-order valence-electron chi connectivity index (χ0n) is 37.4. The van der Waals surface area contributed by atoms with Crippen LogP contribution in [0.4, 0.5) is 0 Å². The number of benzene rings is 11. The molecule has 1 heterocycles. The topological polar surface area (TPSA) is 72.4 Å². The van der Waals surface area contributed by atoms with Crippen LogP contribution in [0.15, 0.2) is 154 Å². The SMILES string of the molecule is CC[C@@H](C)c1ccc(Op2oc3c(cc(OC)c4cc(OC)c5ccc6ccc7ccccc7c6c5c43)c3cc(OC)c4cc(OC)c5ccc6ccc7ccccc7c6c5c4c3o2)cc1. The Balaban J connectivity index is 1.36. The lowest BCUT2D eigenvalue weighted by molar-refractivity contribution is 0.415. The van der Waals surface area contributed by atoms with E-state index in [0.29, 0.717) is 34.3 Å². The molecular formula is C58H45O7P. The fourth-order valence-electron chi connectivity index (χ4n) is 10.3. The van der Waals surface area contributed by atoms with E-state index in [0.717, 1.165) is 115 Å². The Morgan fingerprint density at radius 2 is 0.818 bits per heavy atom. The Hall–Kier alpha value is -7.60. The van der Waals surface area contributed by atoms with Crippen LogP contribution in [0.5, 0.6) is 28.7 Å². The summed E-state index contributed by atoms with van der Waals surface area (Å²) in [5.74, 6) is 3.80. The van der Waals surface area contributed by atoms with Gasteiger partial charge in [-0.3, -0.25) is 0 Å². The molecule has 8 heteroatoms. The highest BCUT2D eigenvalue weighted by molar-refractivity contribution is 7.32. The molecule has 324 valence electrons. The van der Waals surface area contributed by atoms with Crippen molar-refractivity contribution in [3.8, 4) is 28.7 Å². The van der Waals surface area contributed by atoms with Crippen LogP contribution >= 0.6 is 8.24 Å². The van der Waals surface area contributed by atoms with Gasteiger partial charge < -0.3 is 31.9 Å². The van der Waals surface area contributed by atoms with Crippen molar-refractivity contribution in [3.05, 3.63) is 151 Å². The molecule has 0 saturated carbocycles. The molecule has 0 N–H and O–H groups in total. The van der Waals surface area contributed by atoms with Crippen molar-refractivity contribution in [1.82, 2.24) is 0 Å². The molecule has 0 aliphatic heterocycles. The molecule has 1 aromatic heterocycles. The maximum atomic E-state index is 7.39. The third-order valence-corrected chi connectivity index (χ3v) is 14.7. The summed E-state index contributed by atoms with van der Waals surface area (Å²) >= 11 is 0. The molecule has 0 fully saturated rings. The molecule has 0 bridgehead atoms. The Morgan fingerprint density at radius 3 is 1.27 bits per heavy atom. The van der Waals surface area contributed by atoms with Gasteiger partial charge in [0, 0.05) is 53.9 Å². The molecule has 0 radical (unpaired) electrons. The molecule has 0 saturated heterocycles. The summed E-state index contributed by atoms with van der Waals surface area (Å²) in [6.45, 7) is 4.44. The van der Waals surface area contributed by atoms with Gasteiger partial charge in [-0.05, 0) is 110 Å². The van der Waals surface area contributed by atoms with Crippen LogP contribution in [0, 0.1) is 0 Å². The molecule has 11 aromatic carbocycles. The molecule has 1 atom stereocenters. The van der Waals surface area contributed by atoms with E-state index in [1.54, 1.807) is 28.4 Å². The lowest BCUT2D eigenvalue weighted by Gasteiger charge is -2.17. The van der Waals surface area contributed by atoms with Gasteiger partial charge in [-0.2, -0.15) is 0 Å². The van der Waals surface area contributed by atoms with E-state index in [1.165, 1.54) is 5.56 Å². The van der Waals surface area contributed by atoms with Crippen LogP contribution in [-0.4, -0.2) is 28.4 Å². The molecule has 12 rings (SSSR count). The monoisotopic (exact) mass is 884 g/mol. The highest BCUT2D eigenvalue weighted by atomic mass is 31.1. The quantitative estimate of drug-likeness (QED) is 0.141. The highest BCUT2D eigenvalue weighted by Crippen LogP contribution is 2.52. The van der Waals surface area contributed by atoms with Crippen molar-refractivity contribution in [2.24, 2.45) is 0 Å². The fraction of sp³-hybridized carbons (Fsp3) is 0.138. The van der Waals surface area contributed by atoms with E-state index in [4.69, 9.17) is 31.9 Å². The first-order valence-corrected chi connectivity index (χ1v) is 23.4. The van der Waals surface area contributed by atoms with Crippen molar-refractivity contribution >= 4 is 116 Å².